The van der Waals surface area contributed by atoms with Crippen LogP contribution < -0.4 is 4.74 Å². The average Bonchev–Trinajstić information content (AvgIpc) is 3.78. The van der Waals surface area contributed by atoms with E-state index in [1.54, 1.807) is 20.1 Å². The van der Waals surface area contributed by atoms with Crippen molar-refractivity contribution in [1.82, 2.24) is 29.7 Å². The average molecular weight is 519 g/mol. The van der Waals surface area contributed by atoms with Gasteiger partial charge in [-0.3, -0.25) is 0 Å². The molecule has 2 atom stereocenters. The minimum Gasteiger partial charge on any atom is -0.481 e. The summed E-state index contributed by atoms with van der Waals surface area (Å²) in [4.78, 5) is 12.9. The number of hydrogen-bond acceptors (Lipinski definition) is 9. The highest BCUT2D eigenvalue weighted by Gasteiger charge is 2.57. The molecule has 0 N–H and O–H groups in total. The van der Waals surface area contributed by atoms with E-state index in [2.05, 4.69) is 25.1 Å². The molecular formula is C23H27ClN6O4S. The molecule has 0 spiro atoms. The van der Waals surface area contributed by atoms with Crippen LogP contribution in [0.4, 0.5) is 0 Å². The van der Waals surface area contributed by atoms with Crippen molar-refractivity contribution in [3.8, 4) is 17.4 Å². The Kier molecular flexibility index (Phi) is 6.27. The van der Waals surface area contributed by atoms with Gasteiger partial charge in [-0.05, 0) is 44.6 Å². The Labute approximate surface area is 209 Å². The van der Waals surface area contributed by atoms with Crippen LogP contribution in [0.1, 0.15) is 50.4 Å². The van der Waals surface area contributed by atoms with Crippen LogP contribution in [-0.2, 0) is 25.9 Å². The maximum Gasteiger partial charge on any atom is 0.213 e. The summed E-state index contributed by atoms with van der Waals surface area (Å²) >= 11 is 5.89. The third-order valence-corrected chi connectivity index (χ3v) is 9.14. The second-order valence-electron chi connectivity index (χ2n) is 9.15. The molecule has 0 aromatic carbocycles. The Morgan fingerprint density at radius 2 is 1.89 bits per heavy atom. The molecule has 186 valence electrons. The van der Waals surface area contributed by atoms with Gasteiger partial charge in [-0.25, -0.2) is 23.4 Å². The van der Waals surface area contributed by atoms with Crippen molar-refractivity contribution in [3.63, 3.8) is 0 Å². The summed E-state index contributed by atoms with van der Waals surface area (Å²) in [5, 5.41) is 8.22. The Balaban J connectivity index is 1.51. The Morgan fingerprint density at radius 3 is 2.49 bits per heavy atom. The van der Waals surface area contributed by atoms with Crippen LogP contribution in [0.5, 0.6) is 5.88 Å². The van der Waals surface area contributed by atoms with Crippen LogP contribution in [-0.4, -0.2) is 57.6 Å². The fourth-order valence-corrected chi connectivity index (χ4v) is 6.25. The van der Waals surface area contributed by atoms with Gasteiger partial charge in [0, 0.05) is 25.6 Å². The largest absolute Gasteiger partial charge is 0.481 e. The van der Waals surface area contributed by atoms with Crippen LogP contribution in [0.15, 0.2) is 30.6 Å². The minimum atomic E-state index is -3.73. The molecule has 3 aromatic heterocycles. The van der Waals surface area contributed by atoms with E-state index in [0.717, 1.165) is 25.7 Å². The number of aromatic nitrogens is 6. The normalized spacial score (nSPS) is 18.7. The van der Waals surface area contributed by atoms with Crippen LogP contribution in [0, 0.1) is 5.92 Å². The highest BCUT2D eigenvalue weighted by molar-refractivity contribution is 7.91. The maximum atomic E-state index is 13.6. The van der Waals surface area contributed by atoms with Crippen molar-refractivity contribution in [2.75, 3.05) is 14.2 Å². The van der Waals surface area contributed by atoms with Crippen molar-refractivity contribution < 1.29 is 17.9 Å². The lowest BCUT2D eigenvalue weighted by Gasteiger charge is -2.24. The molecule has 0 bridgehead atoms. The zero-order chi connectivity index (χ0) is 24.8. The predicted molar refractivity (Wildman–Crippen MR) is 129 cm³/mol. The Morgan fingerprint density at radius 1 is 1.17 bits per heavy atom. The Bertz CT molecular complexity index is 1320. The first-order valence-electron chi connectivity index (χ1n) is 11.5. The number of nitrogens with zero attached hydrogens (tertiary/aromatic N) is 6. The lowest BCUT2D eigenvalue weighted by Crippen LogP contribution is -2.31. The molecule has 10 nitrogen and oxygen atoms in total. The molecule has 2 fully saturated rings. The van der Waals surface area contributed by atoms with Crippen molar-refractivity contribution in [2.24, 2.45) is 5.92 Å². The topological polar surface area (TPSA) is 122 Å². The van der Waals surface area contributed by atoms with E-state index in [0.29, 0.717) is 34.2 Å². The molecule has 3 aromatic rings. The summed E-state index contributed by atoms with van der Waals surface area (Å²) in [5.74, 6) is 1.90. The second-order valence-corrected chi connectivity index (χ2v) is 11.9. The number of sulfone groups is 1. The third kappa shape index (κ3) is 4.52. The monoisotopic (exact) mass is 518 g/mol. The third-order valence-electron chi connectivity index (χ3n) is 6.91. The van der Waals surface area contributed by atoms with Crippen LogP contribution in [0.25, 0.3) is 11.5 Å². The maximum absolute atomic E-state index is 13.6. The van der Waals surface area contributed by atoms with E-state index >= 15 is 0 Å². The van der Waals surface area contributed by atoms with E-state index in [-0.39, 0.29) is 17.1 Å². The number of hydrogen-bond donors (Lipinski definition) is 0. The quantitative estimate of drug-likeness (QED) is 0.397. The van der Waals surface area contributed by atoms with E-state index in [1.807, 2.05) is 16.7 Å². The summed E-state index contributed by atoms with van der Waals surface area (Å²) in [6, 6.07) is 5.44. The summed E-state index contributed by atoms with van der Waals surface area (Å²) in [7, 11) is -0.736. The summed E-state index contributed by atoms with van der Waals surface area (Å²) in [6.07, 6.45) is 6.16. The molecule has 0 radical (unpaired) electrons. The zero-order valence-electron chi connectivity index (χ0n) is 19.8. The highest BCUT2D eigenvalue weighted by atomic mass is 35.5. The van der Waals surface area contributed by atoms with Crippen LogP contribution in [0.2, 0.25) is 5.02 Å². The highest BCUT2D eigenvalue weighted by Crippen LogP contribution is 2.60. The van der Waals surface area contributed by atoms with Crippen LogP contribution >= 0.6 is 11.6 Å². The van der Waals surface area contributed by atoms with Gasteiger partial charge in [0.1, 0.15) is 23.4 Å². The molecule has 2 saturated carbocycles. The van der Waals surface area contributed by atoms with Crippen molar-refractivity contribution >= 4 is 21.4 Å². The minimum absolute atomic E-state index is 0.155. The molecule has 12 heteroatoms. The molecular weight excluding hydrogens is 492 g/mol. The van der Waals surface area contributed by atoms with Gasteiger partial charge >= 0.3 is 0 Å². The van der Waals surface area contributed by atoms with Crippen molar-refractivity contribution in [3.05, 3.63) is 47.3 Å². The number of pyridine rings is 1. The van der Waals surface area contributed by atoms with Gasteiger partial charge in [0.25, 0.3) is 0 Å². The Hall–Kier alpha value is -2.63. The van der Waals surface area contributed by atoms with E-state index < -0.39 is 21.2 Å². The van der Waals surface area contributed by atoms with Gasteiger partial charge in [0.05, 0.1) is 22.9 Å². The van der Waals surface area contributed by atoms with Gasteiger partial charge in [-0.2, -0.15) is 0 Å². The predicted octanol–water partition coefficient (Wildman–Crippen LogP) is 3.38. The second kappa shape index (κ2) is 9.11. The summed E-state index contributed by atoms with van der Waals surface area (Å²) < 4.78 is 40.0. The number of halogens is 1. The van der Waals surface area contributed by atoms with E-state index in [4.69, 9.17) is 21.1 Å². The lowest BCUT2D eigenvalue weighted by molar-refractivity contribution is 0.0948. The van der Waals surface area contributed by atoms with Gasteiger partial charge in [-0.1, -0.05) is 17.7 Å². The standard InChI is InChI=1S/C23H27ClN6O4S/c1-14(20(34-3)21-25-11-16(24)12-26-21)35(31,32)13-18-28-29-22(17-5-4-6-19(27-17)33-2)30(18)23(9-10-23)15-7-8-15/h4-6,11-12,14-15,20H,7-10,13H2,1-3H3/t14-,20-/m0/s1. The molecule has 0 aliphatic heterocycles. The first-order valence-corrected chi connectivity index (χ1v) is 13.6. The number of methoxy groups -OCH3 is 2. The molecule has 2 aliphatic rings. The van der Waals surface area contributed by atoms with Gasteiger partial charge < -0.3 is 14.0 Å². The van der Waals surface area contributed by atoms with E-state index in [9.17, 15) is 8.42 Å². The molecule has 5 rings (SSSR count). The zero-order valence-corrected chi connectivity index (χ0v) is 21.3. The van der Waals surface area contributed by atoms with Crippen molar-refractivity contribution in [2.45, 2.75) is 55.3 Å². The fourth-order valence-electron chi connectivity index (χ4n) is 4.74. The molecule has 0 amide bonds. The smallest absolute Gasteiger partial charge is 0.213 e. The molecule has 0 unspecified atom stereocenters. The number of rotatable bonds is 10. The summed E-state index contributed by atoms with van der Waals surface area (Å²) in [5.41, 5.74) is 0.447. The first kappa shape index (κ1) is 24.1. The van der Waals surface area contributed by atoms with Crippen LogP contribution in [0.3, 0.4) is 0 Å². The molecule has 3 heterocycles. The molecule has 35 heavy (non-hydrogen) atoms. The molecule has 0 saturated heterocycles. The fraction of sp³-hybridized carbons (Fsp3) is 0.522. The first-order chi connectivity index (χ1) is 16.8. The van der Waals surface area contributed by atoms with Gasteiger partial charge in [0.15, 0.2) is 21.5 Å². The summed E-state index contributed by atoms with van der Waals surface area (Å²) in [6.45, 7) is 1.60. The molecule has 2 aliphatic carbocycles. The lowest BCUT2D eigenvalue weighted by atomic mass is 10.1. The van der Waals surface area contributed by atoms with Gasteiger partial charge in [0.2, 0.25) is 5.88 Å². The van der Waals surface area contributed by atoms with Crippen molar-refractivity contribution in [1.29, 1.82) is 0 Å². The SMILES string of the molecule is COc1cccc(-c2nnc(CS(=O)(=O)[C@@H](C)[C@H](OC)c3ncc(Cl)cn3)n2C2(C3CC3)CC2)n1. The van der Waals surface area contributed by atoms with Gasteiger partial charge in [-0.15, -0.1) is 10.2 Å². The number of ether oxygens (including phenoxy) is 2. The van der Waals surface area contributed by atoms with E-state index in [1.165, 1.54) is 19.5 Å².